The zero-order chi connectivity index (χ0) is 23.4. The van der Waals surface area contributed by atoms with Crippen LogP contribution in [0.2, 0.25) is 0 Å². The summed E-state index contributed by atoms with van der Waals surface area (Å²) in [4.78, 5) is 0. The van der Waals surface area contributed by atoms with Gasteiger partial charge in [0.1, 0.15) is 5.75 Å². The average Bonchev–Trinajstić information content (AvgIpc) is 2.85. The number of hydrogen-bond acceptors (Lipinski definition) is 3. The molecule has 0 unspecified atom stereocenters. The van der Waals surface area contributed by atoms with Gasteiger partial charge in [-0.05, 0) is 80.1 Å². The first-order valence-electron chi connectivity index (χ1n) is 12.9. The summed E-state index contributed by atoms with van der Waals surface area (Å²) in [6.45, 7) is 6.59. The van der Waals surface area contributed by atoms with E-state index in [-0.39, 0.29) is 0 Å². The molecule has 2 aromatic carbocycles. The van der Waals surface area contributed by atoms with Gasteiger partial charge in [0.05, 0.1) is 18.0 Å². The van der Waals surface area contributed by atoms with Crippen LogP contribution in [0.5, 0.6) is 5.75 Å². The summed E-state index contributed by atoms with van der Waals surface area (Å²) in [5, 5.41) is 8.69. The highest BCUT2D eigenvalue weighted by Gasteiger charge is 1.98. The second kappa shape index (κ2) is 17.9. The van der Waals surface area contributed by atoms with Crippen LogP contribution in [0, 0.1) is 0 Å². The molecule has 0 saturated heterocycles. The molecule has 0 N–H and O–H groups in total. The second-order valence-electron chi connectivity index (χ2n) is 8.69. The monoisotopic (exact) mass is 446 g/mol. The maximum Gasteiger partial charge on any atom is 0.119 e. The number of benzene rings is 2. The predicted octanol–water partition coefficient (Wildman–Crippen LogP) is 10.1. The van der Waals surface area contributed by atoms with E-state index in [0.717, 1.165) is 43.0 Å². The quantitative estimate of drug-likeness (QED) is 0.127. The van der Waals surface area contributed by atoms with Crippen LogP contribution in [0.25, 0.3) is 0 Å². The minimum absolute atomic E-state index is 0.780. The maximum absolute atomic E-state index is 5.88. The third-order valence-electron chi connectivity index (χ3n) is 5.78. The molecule has 2 rings (SSSR count). The molecule has 0 aliphatic heterocycles. The van der Waals surface area contributed by atoms with E-state index >= 15 is 0 Å². The van der Waals surface area contributed by atoms with Crippen molar-refractivity contribution >= 4 is 11.4 Å². The van der Waals surface area contributed by atoms with Gasteiger partial charge in [-0.15, -0.1) is 5.73 Å². The average molecular weight is 447 g/mol. The molecule has 0 radical (unpaired) electrons. The lowest BCUT2D eigenvalue weighted by Gasteiger charge is -2.06. The van der Waals surface area contributed by atoms with Crippen LogP contribution < -0.4 is 4.74 Å². The van der Waals surface area contributed by atoms with Crippen LogP contribution in [0.1, 0.15) is 89.5 Å². The van der Waals surface area contributed by atoms with Gasteiger partial charge in [-0.25, -0.2) is 0 Å². The number of azo groups is 1. The van der Waals surface area contributed by atoms with E-state index in [9.17, 15) is 0 Å². The Hall–Kier alpha value is -2.64. The molecule has 0 aliphatic carbocycles. The molecule has 0 atom stereocenters. The van der Waals surface area contributed by atoms with E-state index in [2.05, 4.69) is 41.6 Å². The van der Waals surface area contributed by atoms with Crippen LogP contribution in [0.15, 0.2) is 77.1 Å². The summed E-state index contributed by atoms with van der Waals surface area (Å²) < 4.78 is 5.88. The van der Waals surface area contributed by atoms with Crippen LogP contribution in [0.4, 0.5) is 11.4 Å². The van der Waals surface area contributed by atoms with Crippen molar-refractivity contribution in [2.24, 2.45) is 10.2 Å². The van der Waals surface area contributed by atoms with Crippen molar-refractivity contribution in [2.45, 2.75) is 90.4 Å². The van der Waals surface area contributed by atoms with E-state index in [0.29, 0.717) is 0 Å². The van der Waals surface area contributed by atoms with Gasteiger partial charge in [0.15, 0.2) is 0 Å². The van der Waals surface area contributed by atoms with Gasteiger partial charge in [-0.2, -0.15) is 10.2 Å². The molecule has 0 spiro atoms. The number of allylic oxidation sites excluding steroid dienone is 1. The number of unbranched alkanes of at least 4 members (excludes halogenated alkanes) is 10. The maximum atomic E-state index is 5.88. The smallest absolute Gasteiger partial charge is 0.119 e. The summed E-state index contributed by atoms with van der Waals surface area (Å²) in [5.74, 6) is 0.903. The lowest BCUT2D eigenvalue weighted by Crippen LogP contribution is -1.96. The van der Waals surface area contributed by atoms with E-state index in [1.165, 1.54) is 69.8 Å². The minimum atomic E-state index is 0.780. The van der Waals surface area contributed by atoms with Crippen LogP contribution in [0.3, 0.4) is 0 Å². The molecule has 33 heavy (non-hydrogen) atoms. The molecule has 0 aromatic heterocycles. The van der Waals surface area contributed by atoms with Crippen LogP contribution >= 0.6 is 0 Å². The molecule has 3 nitrogen and oxygen atoms in total. The van der Waals surface area contributed by atoms with Crippen molar-refractivity contribution in [1.82, 2.24) is 0 Å². The third kappa shape index (κ3) is 12.8. The van der Waals surface area contributed by atoms with Gasteiger partial charge in [0, 0.05) is 0 Å². The van der Waals surface area contributed by atoms with Crippen molar-refractivity contribution in [3.8, 4) is 5.75 Å². The Morgan fingerprint density at radius 3 is 1.85 bits per heavy atom. The fourth-order valence-electron chi connectivity index (χ4n) is 3.71. The van der Waals surface area contributed by atoms with E-state index < -0.39 is 0 Å². The Kier molecular flexibility index (Phi) is 14.4. The van der Waals surface area contributed by atoms with E-state index in [4.69, 9.17) is 4.74 Å². The van der Waals surface area contributed by atoms with Crippen molar-refractivity contribution in [3.63, 3.8) is 0 Å². The highest BCUT2D eigenvalue weighted by molar-refractivity contribution is 5.43. The molecular formula is C30H42N2O. The van der Waals surface area contributed by atoms with Gasteiger partial charge in [0.25, 0.3) is 0 Å². The largest absolute Gasteiger partial charge is 0.494 e. The van der Waals surface area contributed by atoms with Gasteiger partial charge in [0.2, 0.25) is 0 Å². The van der Waals surface area contributed by atoms with Crippen molar-refractivity contribution in [3.05, 3.63) is 72.5 Å². The molecule has 0 bridgehead atoms. The summed E-state index contributed by atoms with van der Waals surface area (Å²) >= 11 is 0. The molecule has 0 saturated carbocycles. The molecule has 0 fully saturated rings. The topological polar surface area (TPSA) is 34.0 Å². The SMILES string of the molecule is C=C=CCCCCCCCCCCCOc1ccc(N=Nc2ccc(CCCC)cc2)cc1. The second-order valence-corrected chi connectivity index (χ2v) is 8.69. The molecule has 3 heteroatoms. The van der Waals surface area contributed by atoms with Crippen molar-refractivity contribution in [2.75, 3.05) is 6.61 Å². The predicted molar refractivity (Wildman–Crippen MR) is 141 cm³/mol. The zero-order valence-corrected chi connectivity index (χ0v) is 20.6. The summed E-state index contributed by atoms with van der Waals surface area (Å²) in [7, 11) is 0. The number of ether oxygens (including phenoxy) is 1. The molecule has 0 heterocycles. The number of aryl methyl sites for hydroxylation is 1. The Balaban J connectivity index is 1.53. The van der Waals surface area contributed by atoms with Crippen molar-refractivity contribution < 1.29 is 4.74 Å². The fourth-order valence-corrected chi connectivity index (χ4v) is 3.71. The minimum Gasteiger partial charge on any atom is -0.494 e. The lowest BCUT2D eigenvalue weighted by molar-refractivity contribution is 0.304. The number of nitrogens with zero attached hydrogens (tertiary/aromatic N) is 2. The number of hydrogen-bond donors (Lipinski definition) is 0. The van der Waals surface area contributed by atoms with Crippen LogP contribution in [-0.2, 0) is 6.42 Å². The van der Waals surface area contributed by atoms with Gasteiger partial charge in [-0.1, -0.05) is 77.0 Å². The lowest BCUT2D eigenvalue weighted by atomic mass is 10.1. The molecule has 0 amide bonds. The van der Waals surface area contributed by atoms with Gasteiger partial charge >= 0.3 is 0 Å². The summed E-state index contributed by atoms with van der Waals surface area (Å²) in [5.41, 5.74) is 5.93. The summed E-state index contributed by atoms with van der Waals surface area (Å²) in [6, 6.07) is 16.2. The Bertz CT molecular complexity index is 817. The molecule has 2 aromatic rings. The Morgan fingerprint density at radius 1 is 0.727 bits per heavy atom. The summed E-state index contributed by atoms with van der Waals surface area (Å²) in [6.07, 6.45) is 18.4. The zero-order valence-electron chi connectivity index (χ0n) is 20.6. The first-order valence-corrected chi connectivity index (χ1v) is 12.9. The highest BCUT2D eigenvalue weighted by atomic mass is 16.5. The number of rotatable bonds is 18. The third-order valence-corrected chi connectivity index (χ3v) is 5.78. The molecule has 178 valence electrons. The molecule has 0 aliphatic rings. The Labute approximate surface area is 201 Å². The first-order chi connectivity index (χ1) is 16.3. The normalized spacial score (nSPS) is 10.9. The van der Waals surface area contributed by atoms with Crippen LogP contribution in [-0.4, -0.2) is 6.61 Å². The van der Waals surface area contributed by atoms with Crippen molar-refractivity contribution in [1.29, 1.82) is 0 Å². The Morgan fingerprint density at radius 2 is 1.27 bits per heavy atom. The fraction of sp³-hybridized carbons (Fsp3) is 0.500. The van der Waals surface area contributed by atoms with E-state index in [1.54, 1.807) is 0 Å². The highest BCUT2D eigenvalue weighted by Crippen LogP contribution is 2.22. The van der Waals surface area contributed by atoms with Gasteiger partial charge in [-0.3, -0.25) is 0 Å². The first kappa shape index (κ1) is 26.6. The van der Waals surface area contributed by atoms with Gasteiger partial charge < -0.3 is 4.74 Å². The van der Waals surface area contributed by atoms with E-state index in [1.807, 2.05) is 42.5 Å². The molecular weight excluding hydrogens is 404 g/mol. The standard InChI is InChI=1S/C30H42N2O/c1-3-5-7-8-9-10-11-12-13-14-15-16-26-33-30-24-22-29(23-25-30)32-31-28-20-18-27(19-21-28)17-6-4-2/h5,18-25H,1,4,6-17,26H2,2H3.